The summed E-state index contributed by atoms with van der Waals surface area (Å²) < 4.78 is 5.50. The zero-order valence-corrected chi connectivity index (χ0v) is 17.5. The van der Waals surface area contributed by atoms with E-state index in [2.05, 4.69) is 40.1 Å². The number of hydrogen-bond donors (Lipinski definition) is 0. The van der Waals surface area contributed by atoms with Crippen LogP contribution >= 0.6 is 0 Å². The molecule has 1 amide bonds. The quantitative estimate of drug-likeness (QED) is 0.737. The highest BCUT2D eigenvalue weighted by molar-refractivity contribution is 5.79. The van der Waals surface area contributed by atoms with E-state index in [0.717, 1.165) is 37.2 Å². The number of amides is 1. The van der Waals surface area contributed by atoms with Gasteiger partial charge in [0, 0.05) is 18.6 Å². The van der Waals surface area contributed by atoms with E-state index in [9.17, 15) is 4.79 Å². The summed E-state index contributed by atoms with van der Waals surface area (Å²) >= 11 is 0. The van der Waals surface area contributed by atoms with Crippen molar-refractivity contribution in [1.82, 2.24) is 9.80 Å². The van der Waals surface area contributed by atoms with Crippen LogP contribution in [0.25, 0.3) is 0 Å². The van der Waals surface area contributed by atoms with Crippen LogP contribution in [0.15, 0.2) is 54.6 Å². The van der Waals surface area contributed by atoms with E-state index in [1.54, 1.807) is 0 Å². The van der Waals surface area contributed by atoms with E-state index in [4.69, 9.17) is 4.74 Å². The van der Waals surface area contributed by atoms with Crippen LogP contribution < -0.4 is 4.74 Å². The molecule has 4 rings (SSSR count). The van der Waals surface area contributed by atoms with Crippen LogP contribution in [-0.4, -0.2) is 48.5 Å². The lowest BCUT2D eigenvalue weighted by Crippen LogP contribution is -2.53. The largest absolute Gasteiger partial charge is 0.494 e. The molecule has 0 saturated carbocycles. The Labute approximate surface area is 174 Å². The minimum Gasteiger partial charge on any atom is -0.494 e. The molecule has 4 heteroatoms. The molecule has 29 heavy (non-hydrogen) atoms. The van der Waals surface area contributed by atoms with E-state index >= 15 is 0 Å². The van der Waals surface area contributed by atoms with E-state index in [1.165, 1.54) is 31.5 Å². The molecule has 2 saturated heterocycles. The van der Waals surface area contributed by atoms with Crippen LogP contribution in [0.4, 0.5) is 0 Å². The van der Waals surface area contributed by atoms with Crippen LogP contribution in [0.5, 0.6) is 5.75 Å². The average molecular weight is 393 g/mol. The van der Waals surface area contributed by atoms with Gasteiger partial charge in [0.05, 0.1) is 13.0 Å². The number of hydrogen-bond acceptors (Lipinski definition) is 3. The van der Waals surface area contributed by atoms with Crippen molar-refractivity contribution >= 4 is 5.91 Å². The fourth-order valence-electron chi connectivity index (χ4n) is 4.96. The van der Waals surface area contributed by atoms with Gasteiger partial charge >= 0.3 is 0 Å². The minimum absolute atomic E-state index is 0.0910. The number of piperidine rings is 1. The van der Waals surface area contributed by atoms with Crippen molar-refractivity contribution < 1.29 is 9.53 Å². The van der Waals surface area contributed by atoms with Crippen LogP contribution in [0, 0.1) is 0 Å². The number of nitrogens with zero attached hydrogens (tertiary/aromatic N) is 2. The Kier molecular flexibility index (Phi) is 6.19. The van der Waals surface area contributed by atoms with Crippen molar-refractivity contribution in [3.63, 3.8) is 0 Å². The highest BCUT2D eigenvalue weighted by Gasteiger charge is 2.42. The first kappa shape index (κ1) is 20.0. The summed E-state index contributed by atoms with van der Waals surface area (Å²) in [4.78, 5) is 17.7. The minimum atomic E-state index is 0.0910. The van der Waals surface area contributed by atoms with Crippen molar-refractivity contribution in [3.8, 4) is 5.75 Å². The van der Waals surface area contributed by atoms with E-state index in [0.29, 0.717) is 13.0 Å². The van der Waals surface area contributed by atoms with Gasteiger partial charge in [0.2, 0.25) is 5.91 Å². The molecule has 2 heterocycles. The molecule has 0 bridgehead atoms. The molecule has 2 aliphatic heterocycles. The predicted octanol–water partition coefficient (Wildman–Crippen LogP) is 4.24. The number of benzene rings is 2. The number of ether oxygens (including phenoxy) is 1. The Morgan fingerprint density at radius 2 is 1.59 bits per heavy atom. The molecule has 0 aliphatic carbocycles. The first-order valence-corrected chi connectivity index (χ1v) is 11.0. The third-order valence-corrected chi connectivity index (χ3v) is 6.56. The third kappa shape index (κ3) is 4.32. The van der Waals surface area contributed by atoms with Gasteiger partial charge < -0.3 is 9.64 Å². The van der Waals surface area contributed by atoms with E-state index in [-0.39, 0.29) is 11.4 Å². The summed E-state index contributed by atoms with van der Waals surface area (Å²) in [6.45, 7) is 6.66. The zero-order valence-electron chi connectivity index (χ0n) is 17.5. The average Bonchev–Trinajstić information content (AvgIpc) is 3.31. The highest BCUT2D eigenvalue weighted by atomic mass is 16.5. The van der Waals surface area contributed by atoms with Crippen LogP contribution in [0.3, 0.4) is 0 Å². The topological polar surface area (TPSA) is 32.8 Å². The summed E-state index contributed by atoms with van der Waals surface area (Å²) in [7, 11) is 0. The van der Waals surface area contributed by atoms with E-state index in [1.807, 2.05) is 31.2 Å². The molecule has 0 atom stereocenters. The Hall–Kier alpha value is -2.33. The summed E-state index contributed by atoms with van der Waals surface area (Å²) in [5.41, 5.74) is 2.56. The van der Waals surface area contributed by atoms with Crippen LogP contribution in [0.2, 0.25) is 0 Å². The van der Waals surface area contributed by atoms with Gasteiger partial charge in [0.25, 0.3) is 0 Å². The Bertz CT molecular complexity index is 789. The van der Waals surface area contributed by atoms with Crippen molar-refractivity contribution in [2.45, 2.75) is 44.6 Å². The summed E-state index contributed by atoms with van der Waals surface area (Å²) in [6, 6.07) is 18.9. The molecule has 0 unspecified atom stereocenters. The number of carbonyl (C=O) groups is 1. The SMILES string of the molecule is CCOc1ccc(CC(=O)N2CCC(c3ccccc3)(N3CCCC3)CC2)cc1. The molecule has 4 nitrogen and oxygen atoms in total. The molecule has 2 fully saturated rings. The number of rotatable bonds is 6. The van der Waals surface area contributed by atoms with Gasteiger partial charge in [-0.1, -0.05) is 42.5 Å². The lowest BCUT2D eigenvalue weighted by atomic mass is 9.79. The van der Waals surface area contributed by atoms with Gasteiger partial charge in [-0.3, -0.25) is 9.69 Å². The first-order valence-electron chi connectivity index (χ1n) is 11.0. The predicted molar refractivity (Wildman–Crippen MR) is 116 cm³/mol. The molecular formula is C25H32N2O2. The molecule has 2 aromatic carbocycles. The fourth-order valence-corrected chi connectivity index (χ4v) is 4.96. The molecule has 0 radical (unpaired) electrons. The summed E-state index contributed by atoms with van der Waals surface area (Å²) in [5, 5.41) is 0. The molecular weight excluding hydrogens is 360 g/mol. The standard InChI is InChI=1S/C25H32N2O2/c1-2-29-23-12-10-21(11-13-23)20-24(28)26-18-14-25(15-19-26,27-16-6-7-17-27)22-8-4-3-5-9-22/h3-5,8-13H,2,6-7,14-20H2,1H3. The van der Waals surface area contributed by atoms with Gasteiger partial charge in [-0.2, -0.15) is 0 Å². The normalized spacial score (nSPS) is 19.3. The van der Waals surface area contributed by atoms with Crippen molar-refractivity contribution in [2.24, 2.45) is 0 Å². The Morgan fingerprint density at radius 1 is 0.931 bits per heavy atom. The second kappa shape index (κ2) is 9.00. The van der Waals surface area contributed by atoms with Crippen LogP contribution in [-0.2, 0) is 16.8 Å². The summed E-state index contributed by atoms with van der Waals surface area (Å²) in [6.07, 6.45) is 5.08. The lowest BCUT2D eigenvalue weighted by molar-refractivity contribution is -0.133. The first-order chi connectivity index (χ1) is 14.2. The smallest absolute Gasteiger partial charge is 0.226 e. The maximum atomic E-state index is 12.9. The zero-order chi connectivity index (χ0) is 20.1. The maximum absolute atomic E-state index is 12.9. The fraction of sp³-hybridized carbons (Fsp3) is 0.480. The van der Waals surface area contributed by atoms with Gasteiger partial charge in [-0.25, -0.2) is 0 Å². The second-order valence-corrected chi connectivity index (χ2v) is 8.23. The second-order valence-electron chi connectivity index (χ2n) is 8.23. The molecule has 2 aromatic rings. The molecule has 0 N–H and O–H groups in total. The number of likely N-dealkylation sites (tertiary alicyclic amines) is 2. The third-order valence-electron chi connectivity index (χ3n) is 6.56. The summed E-state index contributed by atoms with van der Waals surface area (Å²) in [5.74, 6) is 1.09. The van der Waals surface area contributed by atoms with Crippen molar-refractivity contribution in [2.75, 3.05) is 32.8 Å². The molecule has 2 aliphatic rings. The van der Waals surface area contributed by atoms with Crippen molar-refractivity contribution in [3.05, 3.63) is 65.7 Å². The highest BCUT2D eigenvalue weighted by Crippen LogP contribution is 2.40. The van der Waals surface area contributed by atoms with Crippen molar-refractivity contribution in [1.29, 1.82) is 0 Å². The van der Waals surface area contributed by atoms with Gasteiger partial charge in [0.1, 0.15) is 5.75 Å². The van der Waals surface area contributed by atoms with Gasteiger partial charge in [-0.05, 0) is 69.0 Å². The Morgan fingerprint density at radius 3 is 2.21 bits per heavy atom. The number of carbonyl (C=O) groups excluding carboxylic acids is 1. The maximum Gasteiger partial charge on any atom is 0.226 e. The molecule has 154 valence electrons. The van der Waals surface area contributed by atoms with Gasteiger partial charge in [0.15, 0.2) is 0 Å². The van der Waals surface area contributed by atoms with E-state index < -0.39 is 0 Å². The Balaban J connectivity index is 1.42. The monoisotopic (exact) mass is 392 g/mol. The van der Waals surface area contributed by atoms with Gasteiger partial charge in [-0.15, -0.1) is 0 Å². The molecule has 0 spiro atoms. The molecule has 0 aromatic heterocycles. The lowest BCUT2D eigenvalue weighted by Gasteiger charge is -2.48. The van der Waals surface area contributed by atoms with Crippen LogP contribution in [0.1, 0.15) is 43.7 Å².